The molecular weight excluding hydrogens is 525 g/mol. The van der Waals surface area contributed by atoms with E-state index in [1.807, 2.05) is 0 Å². The van der Waals surface area contributed by atoms with Gasteiger partial charge in [0.05, 0.1) is 35.4 Å². The summed E-state index contributed by atoms with van der Waals surface area (Å²) < 4.78 is 81.5. The fraction of sp³-hybridized carbons (Fsp3) is 0.174. The maximum atomic E-state index is 12.9. The van der Waals surface area contributed by atoms with Crippen LogP contribution in [0.2, 0.25) is 5.02 Å². The van der Waals surface area contributed by atoms with E-state index in [9.17, 15) is 26.4 Å². The summed E-state index contributed by atoms with van der Waals surface area (Å²) in [5, 5.41) is 2.89. The molecule has 3 aromatic rings. The second-order valence-corrected chi connectivity index (χ2v) is 9.27. The first kappa shape index (κ1) is 27.0. The first-order chi connectivity index (χ1) is 16.9. The second kappa shape index (κ2) is 11.0. The standard InChI is InChI=1S/C23H20ClF3N2O6S/c1-33-20-12-19(21(34-2)11-18(20)24)28-22(30)13-35-16-6-8-17(9-7-16)36(31,32)29-15-5-3-4-14(10-15)23(25,26)27/h3-12,29H,13H2,1-2H3,(H,28,30). The molecule has 36 heavy (non-hydrogen) atoms. The summed E-state index contributed by atoms with van der Waals surface area (Å²) in [6.45, 7) is -0.414. The Morgan fingerprint density at radius 2 is 1.64 bits per heavy atom. The number of hydrogen-bond acceptors (Lipinski definition) is 6. The molecule has 192 valence electrons. The van der Waals surface area contributed by atoms with Crippen LogP contribution in [0.5, 0.6) is 17.2 Å². The van der Waals surface area contributed by atoms with Gasteiger partial charge in [-0.1, -0.05) is 17.7 Å². The number of carbonyl (C=O) groups is 1. The van der Waals surface area contributed by atoms with Gasteiger partial charge in [0.25, 0.3) is 15.9 Å². The van der Waals surface area contributed by atoms with Crippen LogP contribution in [0.1, 0.15) is 5.56 Å². The maximum absolute atomic E-state index is 12.9. The van der Waals surface area contributed by atoms with Gasteiger partial charge < -0.3 is 19.5 Å². The molecule has 3 aromatic carbocycles. The number of sulfonamides is 1. The number of methoxy groups -OCH3 is 2. The highest BCUT2D eigenvalue weighted by molar-refractivity contribution is 7.92. The predicted molar refractivity (Wildman–Crippen MR) is 127 cm³/mol. The van der Waals surface area contributed by atoms with E-state index < -0.39 is 34.3 Å². The van der Waals surface area contributed by atoms with E-state index in [-0.39, 0.29) is 16.3 Å². The van der Waals surface area contributed by atoms with Gasteiger partial charge in [-0.15, -0.1) is 0 Å². The number of rotatable bonds is 9. The number of halogens is 4. The van der Waals surface area contributed by atoms with E-state index in [0.717, 1.165) is 12.1 Å². The summed E-state index contributed by atoms with van der Waals surface area (Å²) in [4.78, 5) is 12.1. The van der Waals surface area contributed by atoms with Crippen molar-refractivity contribution in [2.45, 2.75) is 11.1 Å². The van der Waals surface area contributed by atoms with Crippen LogP contribution < -0.4 is 24.2 Å². The zero-order valence-corrected chi connectivity index (χ0v) is 20.4. The number of amides is 1. The van der Waals surface area contributed by atoms with Crippen LogP contribution in [0.25, 0.3) is 0 Å². The minimum Gasteiger partial charge on any atom is -0.495 e. The molecule has 0 fully saturated rings. The van der Waals surface area contributed by atoms with Crippen LogP contribution in [0.15, 0.2) is 65.6 Å². The molecule has 2 N–H and O–H groups in total. The van der Waals surface area contributed by atoms with Crippen molar-refractivity contribution in [2.24, 2.45) is 0 Å². The number of alkyl halides is 3. The second-order valence-electron chi connectivity index (χ2n) is 7.18. The monoisotopic (exact) mass is 544 g/mol. The lowest BCUT2D eigenvalue weighted by atomic mass is 10.2. The maximum Gasteiger partial charge on any atom is 0.416 e. The molecule has 0 heterocycles. The van der Waals surface area contributed by atoms with Crippen molar-refractivity contribution in [3.05, 3.63) is 71.2 Å². The molecule has 8 nitrogen and oxygen atoms in total. The first-order valence-corrected chi connectivity index (χ1v) is 11.9. The Bertz CT molecular complexity index is 1350. The average Bonchev–Trinajstić information content (AvgIpc) is 2.83. The lowest BCUT2D eigenvalue weighted by molar-refractivity contribution is -0.137. The number of carbonyl (C=O) groups excluding carboxylic acids is 1. The lowest BCUT2D eigenvalue weighted by Gasteiger charge is -2.14. The zero-order valence-electron chi connectivity index (χ0n) is 18.9. The Hall–Kier alpha value is -3.64. The highest BCUT2D eigenvalue weighted by Crippen LogP contribution is 2.36. The number of ether oxygens (including phenoxy) is 3. The summed E-state index contributed by atoms with van der Waals surface area (Å²) in [6, 6.07) is 11.8. The molecule has 0 saturated heterocycles. The summed E-state index contributed by atoms with van der Waals surface area (Å²) in [7, 11) is -1.35. The third-order valence-electron chi connectivity index (χ3n) is 4.69. The molecular formula is C23H20ClF3N2O6S. The van der Waals surface area contributed by atoms with Crippen LogP contribution in [-0.4, -0.2) is 35.2 Å². The van der Waals surface area contributed by atoms with Crippen molar-refractivity contribution >= 4 is 38.9 Å². The minimum absolute atomic E-state index is 0.184. The Kier molecular flexibility index (Phi) is 8.21. The largest absolute Gasteiger partial charge is 0.495 e. The predicted octanol–water partition coefficient (Wildman–Crippen LogP) is 5.19. The molecule has 0 aromatic heterocycles. The van der Waals surface area contributed by atoms with Crippen LogP contribution in [0.3, 0.4) is 0 Å². The van der Waals surface area contributed by atoms with E-state index in [0.29, 0.717) is 28.3 Å². The van der Waals surface area contributed by atoms with Crippen molar-refractivity contribution in [1.29, 1.82) is 0 Å². The van der Waals surface area contributed by atoms with Crippen molar-refractivity contribution in [1.82, 2.24) is 0 Å². The van der Waals surface area contributed by atoms with Gasteiger partial charge in [-0.2, -0.15) is 13.2 Å². The van der Waals surface area contributed by atoms with Gasteiger partial charge in [-0.3, -0.25) is 9.52 Å². The van der Waals surface area contributed by atoms with Gasteiger partial charge in [-0.25, -0.2) is 8.42 Å². The third kappa shape index (κ3) is 6.73. The van der Waals surface area contributed by atoms with Crippen LogP contribution >= 0.6 is 11.6 Å². The molecule has 0 atom stereocenters. The van der Waals surface area contributed by atoms with Crippen molar-refractivity contribution in [2.75, 3.05) is 30.9 Å². The van der Waals surface area contributed by atoms with E-state index in [1.54, 1.807) is 0 Å². The van der Waals surface area contributed by atoms with Gasteiger partial charge in [-0.05, 0) is 42.5 Å². The first-order valence-electron chi connectivity index (χ1n) is 10.1. The molecule has 0 aliphatic heterocycles. The van der Waals surface area contributed by atoms with E-state index >= 15 is 0 Å². The molecule has 0 aliphatic rings. The van der Waals surface area contributed by atoms with Crippen LogP contribution in [-0.2, 0) is 21.0 Å². The molecule has 3 rings (SSSR count). The highest BCUT2D eigenvalue weighted by Gasteiger charge is 2.30. The van der Waals surface area contributed by atoms with Gasteiger partial charge in [0, 0.05) is 17.8 Å². The van der Waals surface area contributed by atoms with Gasteiger partial charge in [0.15, 0.2) is 6.61 Å². The topological polar surface area (TPSA) is 103 Å². The van der Waals surface area contributed by atoms with Gasteiger partial charge >= 0.3 is 6.18 Å². The number of hydrogen-bond donors (Lipinski definition) is 2. The molecule has 0 saturated carbocycles. The lowest BCUT2D eigenvalue weighted by Crippen LogP contribution is -2.20. The molecule has 0 radical (unpaired) electrons. The van der Waals surface area contributed by atoms with E-state index in [2.05, 4.69) is 10.0 Å². The Balaban J connectivity index is 1.63. The smallest absolute Gasteiger partial charge is 0.416 e. The Morgan fingerprint density at radius 1 is 0.972 bits per heavy atom. The Labute approximate surface area is 210 Å². The molecule has 13 heteroatoms. The molecule has 1 amide bonds. The zero-order chi connectivity index (χ0) is 26.5. The number of anilines is 2. The minimum atomic E-state index is -4.61. The Morgan fingerprint density at radius 3 is 2.25 bits per heavy atom. The molecule has 0 bridgehead atoms. The normalized spacial score (nSPS) is 11.5. The number of nitrogens with one attached hydrogen (secondary N) is 2. The van der Waals surface area contributed by atoms with Crippen molar-refractivity contribution in [3.8, 4) is 17.2 Å². The fourth-order valence-corrected chi connectivity index (χ4v) is 4.26. The average molecular weight is 545 g/mol. The SMILES string of the molecule is COc1cc(NC(=O)COc2ccc(S(=O)(=O)Nc3cccc(C(F)(F)F)c3)cc2)c(OC)cc1Cl. The van der Waals surface area contributed by atoms with Crippen LogP contribution in [0.4, 0.5) is 24.5 Å². The van der Waals surface area contributed by atoms with Crippen molar-refractivity contribution < 1.29 is 40.6 Å². The highest BCUT2D eigenvalue weighted by atomic mass is 35.5. The summed E-state index contributed by atoms with van der Waals surface area (Å²) in [5.74, 6) is 0.269. The van der Waals surface area contributed by atoms with Gasteiger partial charge in [0.1, 0.15) is 17.2 Å². The molecule has 0 aliphatic carbocycles. The van der Waals surface area contributed by atoms with Crippen LogP contribution in [0, 0.1) is 0 Å². The van der Waals surface area contributed by atoms with Crippen molar-refractivity contribution in [3.63, 3.8) is 0 Å². The summed E-state index contributed by atoms with van der Waals surface area (Å²) in [5.41, 5.74) is -0.926. The quantitative estimate of drug-likeness (QED) is 0.384. The van der Waals surface area contributed by atoms with Gasteiger partial charge in [0.2, 0.25) is 0 Å². The van der Waals surface area contributed by atoms with E-state index in [4.69, 9.17) is 25.8 Å². The summed E-state index contributed by atoms with van der Waals surface area (Å²) >= 11 is 6.04. The fourth-order valence-electron chi connectivity index (χ4n) is 2.98. The molecule has 0 unspecified atom stereocenters. The van der Waals surface area contributed by atoms with E-state index in [1.165, 1.54) is 56.7 Å². The summed E-state index contributed by atoms with van der Waals surface area (Å²) in [6.07, 6.45) is -4.61. The third-order valence-corrected chi connectivity index (χ3v) is 6.39. The number of benzene rings is 3. The molecule has 0 spiro atoms.